The van der Waals surface area contributed by atoms with Crippen molar-refractivity contribution in [1.29, 1.82) is 0 Å². The van der Waals surface area contributed by atoms with E-state index in [9.17, 15) is 18.0 Å². The first kappa shape index (κ1) is 17.1. The molecule has 0 saturated carbocycles. The van der Waals surface area contributed by atoms with Gasteiger partial charge in [0.05, 0.1) is 16.8 Å². The lowest BCUT2D eigenvalue weighted by molar-refractivity contribution is -0.120. The highest BCUT2D eigenvalue weighted by molar-refractivity contribution is 8.00. The number of amides is 1. The van der Waals surface area contributed by atoms with E-state index < -0.39 is 15.1 Å². The van der Waals surface area contributed by atoms with Gasteiger partial charge in [0.15, 0.2) is 15.0 Å². The molecule has 1 aromatic heterocycles. The first-order chi connectivity index (χ1) is 10.3. The Labute approximate surface area is 133 Å². The average molecular weight is 348 g/mol. The van der Waals surface area contributed by atoms with E-state index in [0.29, 0.717) is 18.1 Å². The number of carbonyl (C=O) groups excluding carboxylic acids is 1. The zero-order chi connectivity index (χ0) is 16.3. The second-order valence-electron chi connectivity index (χ2n) is 5.33. The van der Waals surface area contributed by atoms with E-state index in [4.69, 9.17) is 0 Å². The van der Waals surface area contributed by atoms with Gasteiger partial charge in [-0.05, 0) is 19.8 Å². The predicted octanol–water partition coefficient (Wildman–Crippen LogP) is -0.235. The van der Waals surface area contributed by atoms with Crippen LogP contribution in [0.2, 0.25) is 0 Å². The number of rotatable bonds is 6. The topological polar surface area (TPSA) is 114 Å². The van der Waals surface area contributed by atoms with Gasteiger partial charge in [-0.2, -0.15) is 0 Å². The van der Waals surface area contributed by atoms with Crippen LogP contribution in [0.15, 0.2) is 9.95 Å². The van der Waals surface area contributed by atoms with Gasteiger partial charge in [0, 0.05) is 12.6 Å². The fourth-order valence-electron chi connectivity index (χ4n) is 2.25. The second kappa shape index (κ2) is 6.86. The van der Waals surface area contributed by atoms with E-state index in [-0.39, 0.29) is 29.1 Å². The van der Waals surface area contributed by atoms with Crippen molar-refractivity contribution in [2.45, 2.75) is 49.7 Å². The lowest BCUT2D eigenvalue weighted by Crippen LogP contribution is -2.40. The van der Waals surface area contributed by atoms with Crippen molar-refractivity contribution in [2.75, 3.05) is 11.5 Å². The molecule has 1 aliphatic heterocycles. The molecule has 0 spiro atoms. The fraction of sp³-hybridized carbons (Fsp3) is 0.750. The number of aromatic amines is 1. The minimum absolute atomic E-state index is 0.000918. The van der Waals surface area contributed by atoms with Gasteiger partial charge >= 0.3 is 5.69 Å². The lowest BCUT2D eigenvalue weighted by atomic mass is 10.2. The van der Waals surface area contributed by atoms with Gasteiger partial charge in [-0.25, -0.2) is 18.3 Å². The zero-order valence-electron chi connectivity index (χ0n) is 12.5. The molecule has 8 nitrogen and oxygen atoms in total. The molecule has 0 unspecified atom stereocenters. The summed E-state index contributed by atoms with van der Waals surface area (Å²) in [6, 6.07) is -0.322. The van der Waals surface area contributed by atoms with Gasteiger partial charge in [-0.15, -0.1) is 5.10 Å². The van der Waals surface area contributed by atoms with Crippen molar-refractivity contribution >= 4 is 27.5 Å². The van der Waals surface area contributed by atoms with Crippen molar-refractivity contribution in [2.24, 2.45) is 0 Å². The molecular formula is C12H20N4O4S2. The lowest BCUT2D eigenvalue weighted by Gasteiger charge is -2.15. The molecule has 22 heavy (non-hydrogen) atoms. The van der Waals surface area contributed by atoms with Crippen LogP contribution in [0.5, 0.6) is 0 Å². The van der Waals surface area contributed by atoms with Crippen molar-refractivity contribution in [3.63, 3.8) is 0 Å². The molecule has 124 valence electrons. The maximum Gasteiger partial charge on any atom is 0.343 e. The van der Waals surface area contributed by atoms with Crippen LogP contribution in [-0.4, -0.2) is 51.9 Å². The number of sulfone groups is 1. The SMILES string of the molecule is CCCn1c(S[C@H](C)C(=O)N[C@@H]2CCS(=O)(=O)C2)n[nH]c1=O. The third-order valence-corrected chi connectivity index (χ3v) is 6.26. The van der Waals surface area contributed by atoms with E-state index in [2.05, 4.69) is 15.5 Å². The Morgan fingerprint density at radius 3 is 2.91 bits per heavy atom. The van der Waals surface area contributed by atoms with Crippen LogP contribution in [0.4, 0.5) is 0 Å². The molecule has 0 radical (unpaired) electrons. The van der Waals surface area contributed by atoms with E-state index in [0.717, 1.165) is 6.42 Å². The highest BCUT2D eigenvalue weighted by Crippen LogP contribution is 2.21. The Hall–Kier alpha value is -1.29. The largest absolute Gasteiger partial charge is 0.351 e. The van der Waals surface area contributed by atoms with E-state index >= 15 is 0 Å². The highest BCUT2D eigenvalue weighted by atomic mass is 32.2. The van der Waals surface area contributed by atoms with Crippen LogP contribution in [0.3, 0.4) is 0 Å². The van der Waals surface area contributed by atoms with Gasteiger partial charge in [0.25, 0.3) is 0 Å². The number of hydrogen-bond acceptors (Lipinski definition) is 6. The molecule has 2 atom stereocenters. The molecule has 1 fully saturated rings. The maximum absolute atomic E-state index is 12.1. The number of nitrogens with one attached hydrogen (secondary N) is 2. The number of nitrogens with zero attached hydrogens (tertiary/aromatic N) is 2. The summed E-state index contributed by atoms with van der Waals surface area (Å²) < 4.78 is 24.3. The third-order valence-electron chi connectivity index (χ3n) is 3.40. The Kier molecular flexibility index (Phi) is 5.32. The normalized spacial score (nSPS) is 21.6. The van der Waals surface area contributed by atoms with Crippen molar-refractivity contribution in [1.82, 2.24) is 20.1 Å². The van der Waals surface area contributed by atoms with E-state index in [1.54, 1.807) is 6.92 Å². The van der Waals surface area contributed by atoms with Crippen LogP contribution in [0.1, 0.15) is 26.7 Å². The molecule has 2 rings (SSSR count). The van der Waals surface area contributed by atoms with Crippen LogP contribution >= 0.6 is 11.8 Å². The smallest absolute Gasteiger partial charge is 0.343 e. The van der Waals surface area contributed by atoms with Crippen LogP contribution < -0.4 is 11.0 Å². The van der Waals surface area contributed by atoms with Gasteiger partial charge in [0.2, 0.25) is 5.91 Å². The number of aromatic nitrogens is 3. The van der Waals surface area contributed by atoms with Crippen molar-refractivity contribution in [3.05, 3.63) is 10.5 Å². The standard InChI is InChI=1S/C12H20N4O4S2/c1-3-5-16-11(18)14-15-12(16)21-8(2)10(17)13-9-4-6-22(19,20)7-9/h8-9H,3-7H2,1-2H3,(H,13,17)(H,14,18)/t8-,9-/m1/s1. The molecule has 10 heteroatoms. The summed E-state index contributed by atoms with van der Waals surface area (Å²) >= 11 is 1.18. The summed E-state index contributed by atoms with van der Waals surface area (Å²) in [5, 5.41) is 9.05. The maximum atomic E-state index is 12.1. The minimum atomic E-state index is -3.02. The molecule has 0 aromatic carbocycles. The molecule has 0 bridgehead atoms. The summed E-state index contributed by atoms with van der Waals surface area (Å²) in [7, 11) is -3.02. The van der Waals surface area contributed by atoms with Crippen LogP contribution in [0.25, 0.3) is 0 Å². The Morgan fingerprint density at radius 1 is 1.59 bits per heavy atom. The summed E-state index contributed by atoms with van der Waals surface area (Å²) in [6.45, 7) is 4.19. The summed E-state index contributed by atoms with van der Waals surface area (Å²) in [4.78, 5) is 23.7. The summed E-state index contributed by atoms with van der Waals surface area (Å²) in [5.41, 5.74) is -0.293. The summed E-state index contributed by atoms with van der Waals surface area (Å²) in [5.74, 6) is -0.126. The number of thioether (sulfide) groups is 1. The fourth-order valence-corrected chi connectivity index (χ4v) is 4.82. The van der Waals surface area contributed by atoms with Gasteiger partial charge in [0.1, 0.15) is 0 Å². The second-order valence-corrected chi connectivity index (χ2v) is 8.87. The van der Waals surface area contributed by atoms with Crippen molar-refractivity contribution in [3.8, 4) is 0 Å². The van der Waals surface area contributed by atoms with Gasteiger partial charge in [-0.3, -0.25) is 9.36 Å². The number of H-pyrrole nitrogens is 1. The molecule has 2 heterocycles. The Morgan fingerprint density at radius 2 is 2.32 bits per heavy atom. The van der Waals surface area contributed by atoms with Gasteiger partial charge < -0.3 is 5.32 Å². The number of carbonyl (C=O) groups is 1. The third kappa shape index (κ3) is 4.13. The molecule has 1 aromatic rings. The zero-order valence-corrected chi connectivity index (χ0v) is 14.2. The van der Waals surface area contributed by atoms with Crippen LogP contribution in [0, 0.1) is 0 Å². The van der Waals surface area contributed by atoms with E-state index in [1.165, 1.54) is 16.3 Å². The molecule has 0 aliphatic carbocycles. The summed E-state index contributed by atoms with van der Waals surface area (Å²) in [6.07, 6.45) is 1.24. The van der Waals surface area contributed by atoms with Gasteiger partial charge in [-0.1, -0.05) is 18.7 Å². The monoisotopic (exact) mass is 348 g/mol. The first-order valence-corrected chi connectivity index (χ1v) is 9.85. The van der Waals surface area contributed by atoms with E-state index in [1.807, 2.05) is 6.92 Å². The Bertz CT molecular complexity index is 694. The predicted molar refractivity (Wildman–Crippen MR) is 83.7 cm³/mol. The van der Waals surface area contributed by atoms with Crippen LogP contribution in [-0.2, 0) is 21.2 Å². The molecular weight excluding hydrogens is 328 g/mol. The molecule has 1 saturated heterocycles. The quantitative estimate of drug-likeness (QED) is 0.686. The highest BCUT2D eigenvalue weighted by Gasteiger charge is 2.30. The molecule has 1 aliphatic rings. The minimum Gasteiger partial charge on any atom is -0.351 e. The van der Waals surface area contributed by atoms with Crippen molar-refractivity contribution < 1.29 is 13.2 Å². The first-order valence-electron chi connectivity index (χ1n) is 7.15. The molecule has 2 N–H and O–H groups in total. The Balaban J connectivity index is 1.96. The average Bonchev–Trinajstić information content (AvgIpc) is 2.95. The molecule has 1 amide bonds. The number of hydrogen-bond donors (Lipinski definition) is 2.